The molecular weight excluding hydrogens is 218 g/mol. The van der Waals surface area contributed by atoms with Gasteiger partial charge in [-0.1, -0.05) is 12.1 Å². The Labute approximate surface area is 101 Å². The Bertz CT molecular complexity index is 363. The summed E-state index contributed by atoms with van der Waals surface area (Å²) >= 11 is 2.00. The van der Waals surface area contributed by atoms with E-state index in [0.717, 1.165) is 24.2 Å². The van der Waals surface area contributed by atoms with Crippen molar-refractivity contribution in [3.8, 4) is 11.8 Å². The molecule has 1 aliphatic rings. The molecule has 1 aromatic carbocycles. The summed E-state index contributed by atoms with van der Waals surface area (Å²) in [6, 6.07) is 10.0. The first-order chi connectivity index (χ1) is 7.88. The molecule has 1 fully saturated rings. The fourth-order valence-corrected chi connectivity index (χ4v) is 2.83. The van der Waals surface area contributed by atoms with Crippen LogP contribution in [0.4, 0.5) is 0 Å². The van der Waals surface area contributed by atoms with Gasteiger partial charge >= 0.3 is 0 Å². The van der Waals surface area contributed by atoms with Crippen molar-refractivity contribution in [2.75, 3.05) is 11.5 Å². The number of rotatable bonds is 3. The summed E-state index contributed by atoms with van der Waals surface area (Å²) in [5, 5.41) is 8.57. The number of hydrogen-bond donors (Lipinski definition) is 0. The van der Waals surface area contributed by atoms with Crippen LogP contribution in [0.5, 0.6) is 5.75 Å². The van der Waals surface area contributed by atoms with Crippen LogP contribution in [0.15, 0.2) is 24.3 Å². The van der Waals surface area contributed by atoms with E-state index in [4.69, 9.17) is 10.00 Å². The number of nitrogens with zero attached hydrogens (tertiary/aromatic N) is 1. The van der Waals surface area contributed by atoms with E-state index in [2.05, 4.69) is 6.07 Å². The van der Waals surface area contributed by atoms with E-state index in [1.54, 1.807) is 0 Å². The van der Waals surface area contributed by atoms with Crippen molar-refractivity contribution in [3.63, 3.8) is 0 Å². The van der Waals surface area contributed by atoms with Gasteiger partial charge in [0.1, 0.15) is 11.9 Å². The second-order valence-electron chi connectivity index (χ2n) is 3.91. The molecule has 0 radical (unpaired) electrons. The lowest BCUT2D eigenvalue weighted by molar-refractivity contribution is 0.192. The van der Waals surface area contributed by atoms with Crippen LogP contribution in [0.3, 0.4) is 0 Å². The molecule has 1 aliphatic heterocycles. The van der Waals surface area contributed by atoms with Crippen molar-refractivity contribution in [1.82, 2.24) is 0 Å². The Kier molecular flexibility index (Phi) is 4.12. The van der Waals surface area contributed by atoms with Crippen LogP contribution in [0.25, 0.3) is 0 Å². The Morgan fingerprint density at radius 1 is 1.25 bits per heavy atom. The maximum Gasteiger partial charge on any atom is 0.119 e. The van der Waals surface area contributed by atoms with Crippen molar-refractivity contribution in [3.05, 3.63) is 29.8 Å². The fourth-order valence-electron chi connectivity index (χ4n) is 1.76. The number of thioether (sulfide) groups is 1. The van der Waals surface area contributed by atoms with Gasteiger partial charge in [0.15, 0.2) is 0 Å². The molecule has 16 heavy (non-hydrogen) atoms. The highest BCUT2D eigenvalue weighted by atomic mass is 32.2. The van der Waals surface area contributed by atoms with Gasteiger partial charge in [-0.3, -0.25) is 0 Å². The smallest absolute Gasteiger partial charge is 0.119 e. The summed E-state index contributed by atoms with van der Waals surface area (Å²) in [5.41, 5.74) is 1.05. The Balaban J connectivity index is 1.91. The summed E-state index contributed by atoms with van der Waals surface area (Å²) in [6.07, 6.45) is 3.14. The van der Waals surface area contributed by atoms with Crippen molar-refractivity contribution in [2.45, 2.75) is 25.4 Å². The molecule has 1 saturated heterocycles. The summed E-state index contributed by atoms with van der Waals surface area (Å²) in [7, 11) is 0. The zero-order valence-corrected chi connectivity index (χ0v) is 10.0. The van der Waals surface area contributed by atoms with Crippen LogP contribution in [-0.4, -0.2) is 17.6 Å². The van der Waals surface area contributed by atoms with Gasteiger partial charge in [-0.05, 0) is 42.0 Å². The van der Waals surface area contributed by atoms with Gasteiger partial charge in [-0.15, -0.1) is 0 Å². The van der Waals surface area contributed by atoms with Gasteiger partial charge in [0, 0.05) is 0 Å². The number of nitriles is 1. The van der Waals surface area contributed by atoms with Crippen molar-refractivity contribution in [2.24, 2.45) is 0 Å². The Morgan fingerprint density at radius 3 is 2.56 bits per heavy atom. The minimum Gasteiger partial charge on any atom is -0.490 e. The zero-order valence-electron chi connectivity index (χ0n) is 9.19. The quantitative estimate of drug-likeness (QED) is 0.804. The van der Waals surface area contributed by atoms with E-state index in [9.17, 15) is 0 Å². The molecule has 0 spiro atoms. The van der Waals surface area contributed by atoms with E-state index in [1.807, 2.05) is 36.0 Å². The molecule has 1 heterocycles. The fraction of sp³-hybridized carbons (Fsp3) is 0.462. The summed E-state index contributed by atoms with van der Waals surface area (Å²) in [5.74, 6) is 3.34. The molecule has 0 unspecified atom stereocenters. The lowest BCUT2D eigenvalue weighted by atomic mass is 10.1. The maximum atomic E-state index is 8.57. The summed E-state index contributed by atoms with van der Waals surface area (Å²) < 4.78 is 5.89. The molecule has 84 valence electrons. The predicted octanol–water partition coefficient (Wildman–Crippen LogP) is 3.03. The second kappa shape index (κ2) is 5.81. The lowest BCUT2D eigenvalue weighted by Crippen LogP contribution is -2.21. The molecule has 0 bridgehead atoms. The molecule has 0 aromatic heterocycles. The number of ether oxygens (including phenoxy) is 1. The monoisotopic (exact) mass is 233 g/mol. The van der Waals surface area contributed by atoms with E-state index in [1.165, 1.54) is 11.5 Å². The Hall–Kier alpha value is -1.14. The van der Waals surface area contributed by atoms with Gasteiger partial charge in [-0.2, -0.15) is 17.0 Å². The third-order valence-corrected chi connectivity index (χ3v) is 3.73. The van der Waals surface area contributed by atoms with Crippen LogP contribution in [0, 0.1) is 11.3 Å². The molecule has 3 heteroatoms. The zero-order chi connectivity index (χ0) is 11.2. The van der Waals surface area contributed by atoms with Crippen molar-refractivity contribution < 1.29 is 4.74 Å². The minimum atomic E-state index is 0.378. The molecule has 0 N–H and O–H groups in total. The SMILES string of the molecule is N#CCc1ccc(OC2CCSCC2)cc1. The molecule has 0 saturated carbocycles. The van der Waals surface area contributed by atoms with Gasteiger partial charge < -0.3 is 4.74 Å². The van der Waals surface area contributed by atoms with E-state index in [-0.39, 0.29) is 0 Å². The topological polar surface area (TPSA) is 33.0 Å². The van der Waals surface area contributed by atoms with Gasteiger partial charge in [0.2, 0.25) is 0 Å². The normalized spacial score (nSPS) is 16.7. The molecule has 0 atom stereocenters. The first-order valence-electron chi connectivity index (χ1n) is 5.59. The molecule has 0 amide bonds. The lowest BCUT2D eigenvalue weighted by Gasteiger charge is -2.22. The van der Waals surface area contributed by atoms with Crippen molar-refractivity contribution >= 4 is 11.8 Å². The third kappa shape index (κ3) is 3.18. The molecule has 0 aliphatic carbocycles. The number of hydrogen-bond acceptors (Lipinski definition) is 3. The molecule has 2 rings (SSSR count). The van der Waals surface area contributed by atoms with Crippen LogP contribution in [0.2, 0.25) is 0 Å². The molecular formula is C13H15NOS. The first-order valence-corrected chi connectivity index (χ1v) is 6.74. The predicted molar refractivity (Wildman–Crippen MR) is 66.7 cm³/mol. The van der Waals surface area contributed by atoms with Gasteiger partial charge in [0.25, 0.3) is 0 Å². The van der Waals surface area contributed by atoms with E-state index >= 15 is 0 Å². The summed E-state index contributed by atoms with van der Waals surface area (Å²) in [6.45, 7) is 0. The van der Waals surface area contributed by atoms with Crippen LogP contribution < -0.4 is 4.74 Å². The van der Waals surface area contributed by atoms with Gasteiger partial charge in [0.05, 0.1) is 12.5 Å². The minimum absolute atomic E-state index is 0.378. The standard InChI is InChI=1S/C13H15NOS/c14-8-5-11-1-3-12(4-2-11)15-13-6-9-16-10-7-13/h1-4,13H,5-7,9-10H2. The first kappa shape index (κ1) is 11.3. The number of benzene rings is 1. The second-order valence-corrected chi connectivity index (χ2v) is 5.13. The highest BCUT2D eigenvalue weighted by Crippen LogP contribution is 2.22. The van der Waals surface area contributed by atoms with Crippen LogP contribution >= 0.6 is 11.8 Å². The average molecular weight is 233 g/mol. The van der Waals surface area contributed by atoms with Crippen LogP contribution in [0.1, 0.15) is 18.4 Å². The third-order valence-electron chi connectivity index (χ3n) is 2.68. The van der Waals surface area contributed by atoms with Gasteiger partial charge in [-0.25, -0.2) is 0 Å². The van der Waals surface area contributed by atoms with E-state index < -0.39 is 0 Å². The summed E-state index contributed by atoms with van der Waals surface area (Å²) in [4.78, 5) is 0. The largest absolute Gasteiger partial charge is 0.490 e. The van der Waals surface area contributed by atoms with Crippen LogP contribution in [-0.2, 0) is 6.42 Å². The molecule has 1 aromatic rings. The highest BCUT2D eigenvalue weighted by molar-refractivity contribution is 7.99. The average Bonchev–Trinajstić information content (AvgIpc) is 2.33. The molecule has 2 nitrogen and oxygen atoms in total. The van der Waals surface area contributed by atoms with Crippen molar-refractivity contribution in [1.29, 1.82) is 5.26 Å². The maximum absolute atomic E-state index is 8.57. The van der Waals surface area contributed by atoms with E-state index in [0.29, 0.717) is 12.5 Å². The Morgan fingerprint density at radius 2 is 1.94 bits per heavy atom. The highest BCUT2D eigenvalue weighted by Gasteiger charge is 2.14.